The van der Waals surface area contributed by atoms with Gasteiger partial charge >= 0.3 is 0 Å². The average Bonchev–Trinajstić information content (AvgIpc) is 2.51. The second-order valence-electron chi connectivity index (χ2n) is 4.17. The lowest BCUT2D eigenvalue weighted by Gasteiger charge is -2.11. The highest BCUT2D eigenvalue weighted by Gasteiger charge is 2.04. The summed E-state index contributed by atoms with van der Waals surface area (Å²) in [6.45, 7) is 8.65. The van der Waals surface area contributed by atoms with Crippen molar-refractivity contribution in [3.8, 4) is 5.88 Å². The summed E-state index contributed by atoms with van der Waals surface area (Å²) in [5.41, 5.74) is 0.935. The molecule has 6 nitrogen and oxygen atoms in total. The van der Waals surface area contributed by atoms with Crippen molar-refractivity contribution in [2.75, 3.05) is 33.4 Å². The van der Waals surface area contributed by atoms with E-state index in [2.05, 4.69) is 27.2 Å². The zero-order valence-electron chi connectivity index (χ0n) is 12.8. The number of aromatic nitrogens is 1. The van der Waals surface area contributed by atoms with Gasteiger partial charge in [-0.3, -0.25) is 0 Å². The Bertz CT molecular complexity index is 449. The maximum atomic E-state index is 5.59. The minimum Gasteiger partial charge on any atom is -0.475 e. The van der Waals surface area contributed by atoms with Crippen LogP contribution in [0.2, 0.25) is 0 Å². The number of ether oxygens (including phenoxy) is 2. The second kappa shape index (κ2) is 10.7. The van der Waals surface area contributed by atoms with Crippen LogP contribution >= 0.6 is 0 Å². The van der Waals surface area contributed by atoms with Crippen LogP contribution in [-0.4, -0.2) is 44.4 Å². The van der Waals surface area contributed by atoms with E-state index in [1.54, 1.807) is 19.4 Å². The summed E-state index contributed by atoms with van der Waals surface area (Å²) in [6.07, 6.45) is 3.49. The molecule has 0 atom stereocenters. The van der Waals surface area contributed by atoms with E-state index in [-0.39, 0.29) is 0 Å². The van der Waals surface area contributed by atoms with Crippen LogP contribution in [0.3, 0.4) is 0 Å². The van der Waals surface area contributed by atoms with Crippen LogP contribution in [0.15, 0.2) is 36.0 Å². The smallest absolute Gasteiger partial charge is 0.218 e. The molecule has 1 aromatic heterocycles. The third-order valence-electron chi connectivity index (χ3n) is 2.54. The monoisotopic (exact) mass is 292 g/mol. The first-order valence-electron chi connectivity index (χ1n) is 7.00. The van der Waals surface area contributed by atoms with Crippen LogP contribution in [0.4, 0.5) is 0 Å². The Kier molecular flexibility index (Phi) is 8.63. The van der Waals surface area contributed by atoms with Gasteiger partial charge in [-0.25, -0.2) is 9.98 Å². The van der Waals surface area contributed by atoms with Crippen molar-refractivity contribution in [2.45, 2.75) is 13.5 Å². The summed E-state index contributed by atoms with van der Waals surface area (Å²) in [6, 6.07) is 3.83. The fraction of sp³-hybridized carbons (Fsp3) is 0.467. The number of rotatable bonds is 9. The molecule has 0 unspecified atom stereocenters. The first-order chi connectivity index (χ1) is 10.3. The van der Waals surface area contributed by atoms with Gasteiger partial charge in [0, 0.05) is 32.0 Å². The number of aliphatic imine (C=N–C) groups is 1. The molecule has 0 radical (unpaired) electrons. The van der Waals surface area contributed by atoms with Gasteiger partial charge in [0.2, 0.25) is 5.88 Å². The molecule has 0 fully saturated rings. The van der Waals surface area contributed by atoms with E-state index in [1.807, 2.05) is 19.1 Å². The van der Waals surface area contributed by atoms with E-state index in [1.165, 1.54) is 0 Å². The van der Waals surface area contributed by atoms with Gasteiger partial charge in [0.1, 0.15) is 6.61 Å². The Balaban J connectivity index is 2.68. The lowest BCUT2D eigenvalue weighted by molar-refractivity contribution is 0.143. The maximum absolute atomic E-state index is 5.59. The van der Waals surface area contributed by atoms with Crippen molar-refractivity contribution >= 4 is 5.96 Å². The molecule has 1 heterocycles. The predicted molar refractivity (Wildman–Crippen MR) is 84.6 cm³/mol. The van der Waals surface area contributed by atoms with Crippen LogP contribution < -0.4 is 15.4 Å². The molecule has 0 amide bonds. The molecule has 0 saturated carbocycles. The Morgan fingerprint density at radius 1 is 1.43 bits per heavy atom. The zero-order chi connectivity index (χ0) is 15.3. The van der Waals surface area contributed by atoms with Gasteiger partial charge in [-0.05, 0) is 13.0 Å². The molecule has 1 rings (SSSR count). The second-order valence-corrected chi connectivity index (χ2v) is 4.17. The summed E-state index contributed by atoms with van der Waals surface area (Å²) in [5.74, 6) is 1.34. The van der Waals surface area contributed by atoms with Crippen molar-refractivity contribution in [1.82, 2.24) is 15.6 Å². The van der Waals surface area contributed by atoms with E-state index in [0.717, 1.165) is 18.1 Å². The molecule has 0 spiro atoms. The zero-order valence-corrected chi connectivity index (χ0v) is 12.8. The molecule has 21 heavy (non-hydrogen) atoms. The van der Waals surface area contributed by atoms with E-state index >= 15 is 0 Å². The van der Waals surface area contributed by atoms with Crippen molar-refractivity contribution in [3.63, 3.8) is 0 Å². The Hall–Kier alpha value is -2.08. The number of hydrogen-bond donors (Lipinski definition) is 2. The molecule has 0 aliphatic rings. The van der Waals surface area contributed by atoms with Crippen LogP contribution in [0.5, 0.6) is 5.88 Å². The highest BCUT2D eigenvalue weighted by atomic mass is 16.5. The molecule has 1 aromatic rings. The first kappa shape index (κ1) is 17.0. The molecule has 0 aliphatic heterocycles. The largest absolute Gasteiger partial charge is 0.475 e. The number of pyridine rings is 1. The molecule has 0 aromatic carbocycles. The first-order valence-corrected chi connectivity index (χ1v) is 7.00. The van der Waals surface area contributed by atoms with Gasteiger partial charge < -0.3 is 20.1 Å². The molecule has 2 N–H and O–H groups in total. The molecule has 0 bridgehead atoms. The van der Waals surface area contributed by atoms with Crippen molar-refractivity contribution < 1.29 is 9.47 Å². The summed E-state index contributed by atoms with van der Waals surface area (Å²) in [5, 5.41) is 6.32. The predicted octanol–water partition coefficient (Wildman–Crippen LogP) is 1.35. The van der Waals surface area contributed by atoms with Gasteiger partial charge in [0.15, 0.2) is 5.96 Å². The van der Waals surface area contributed by atoms with Crippen LogP contribution in [-0.2, 0) is 11.3 Å². The fourth-order valence-corrected chi connectivity index (χ4v) is 1.57. The number of nitrogens with zero attached hydrogens (tertiary/aromatic N) is 2. The van der Waals surface area contributed by atoms with E-state index in [4.69, 9.17) is 9.47 Å². The Morgan fingerprint density at radius 3 is 3.00 bits per heavy atom. The van der Waals surface area contributed by atoms with E-state index < -0.39 is 0 Å². The van der Waals surface area contributed by atoms with E-state index in [0.29, 0.717) is 32.2 Å². The van der Waals surface area contributed by atoms with Gasteiger partial charge in [-0.2, -0.15) is 0 Å². The number of guanidine groups is 1. The summed E-state index contributed by atoms with van der Waals surface area (Å²) >= 11 is 0. The minimum absolute atomic E-state index is 0.471. The topological polar surface area (TPSA) is 67.8 Å². The molecule has 6 heteroatoms. The molecule has 0 saturated heterocycles. The maximum Gasteiger partial charge on any atom is 0.218 e. The fourth-order valence-electron chi connectivity index (χ4n) is 1.57. The van der Waals surface area contributed by atoms with Crippen molar-refractivity contribution in [3.05, 3.63) is 36.5 Å². The number of hydrogen-bond acceptors (Lipinski definition) is 4. The minimum atomic E-state index is 0.471. The highest BCUT2D eigenvalue weighted by molar-refractivity contribution is 5.79. The Labute approximate surface area is 126 Å². The third-order valence-corrected chi connectivity index (χ3v) is 2.54. The lowest BCUT2D eigenvalue weighted by Crippen LogP contribution is -2.37. The van der Waals surface area contributed by atoms with Gasteiger partial charge in [-0.15, -0.1) is 6.58 Å². The van der Waals surface area contributed by atoms with Crippen LogP contribution in [0, 0.1) is 0 Å². The van der Waals surface area contributed by atoms with Gasteiger partial charge in [0.05, 0.1) is 13.2 Å². The van der Waals surface area contributed by atoms with E-state index in [9.17, 15) is 0 Å². The average molecular weight is 292 g/mol. The molecule has 116 valence electrons. The third kappa shape index (κ3) is 6.76. The standard InChI is InChI=1S/C15H24N4O2/c1-4-8-18-15(16-5-2)19-12-13-7-6-9-17-14(13)21-11-10-20-3/h4,6-7,9H,1,5,8,10-12H2,2-3H3,(H2,16,18,19). The molecule has 0 aliphatic carbocycles. The molecular formula is C15H24N4O2. The van der Waals surface area contributed by atoms with Crippen molar-refractivity contribution in [1.29, 1.82) is 0 Å². The quantitative estimate of drug-likeness (QED) is 0.311. The normalized spacial score (nSPS) is 11.0. The van der Waals surface area contributed by atoms with Crippen molar-refractivity contribution in [2.24, 2.45) is 4.99 Å². The van der Waals surface area contributed by atoms with Crippen LogP contribution in [0.1, 0.15) is 12.5 Å². The van der Waals surface area contributed by atoms with Gasteiger partial charge in [-0.1, -0.05) is 12.1 Å². The SMILES string of the molecule is C=CCNC(=NCc1cccnc1OCCOC)NCC. The highest BCUT2D eigenvalue weighted by Crippen LogP contribution is 2.15. The summed E-state index contributed by atoms with van der Waals surface area (Å²) < 4.78 is 10.6. The van der Waals surface area contributed by atoms with Gasteiger partial charge in [0.25, 0.3) is 0 Å². The summed E-state index contributed by atoms with van der Waals surface area (Å²) in [7, 11) is 1.64. The number of methoxy groups -OCH3 is 1. The molecular weight excluding hydrogens is 268 g/mol. The van der Waals surface area contributed by atoms with Crippen LogP contribution in [0.25, 0.3) is 0 Å². The summed E-state index contributed by atoms with van der Waals surface area (Å²) in [4.78, 5) is 8.74. The number of nitrogens with one attached hydrogen (secondary N) is 2. The Morgan fingerprint density at radius 2 is 2.29 bits per heavy atom. The lowest BCUT2D eigenvalue weighted by atomic mass is 10.3.